The summed E-state index contributed by atoms with van der Waals surface area (Å²) in [5.74, 6) is -3.45. The highest BCUT2D eigenvalue weighted by atomic mass is 19.3. The summed E-state index contributed by atoms with van der Waals surface area (Å²) in [6.45, 7) is -2.94. The molecule has 0 heterocycles. The number of rotatable bonds is 3. The number of hydrogen-bond acceptors (Lipinski definition) is 0. The molecular weight excluding hydrogens is 124 g/mol. The first-order valence-corrected chi connectivity index (χ1v) is 2.12. The summed E-state index contributed by atoms with van der Waals surface area (Å²) >= 11 is 0. The highest BCUT2D eigenvalue weighted by molar-refractivity contribution is 4.62. The van der Waals surface area contributed by atoms with Crippen molar-refractivity contribution < 1.29 is 17.6 Å². The molecule has 0 fully saturated rings. The predicted molar refractivity (Wildman–Crippen MR) is 21.5 cm³/mol. The molecule has 0 aliphatic rings. The minimum absolute atomic E-state index is 1.01. The minimum atomic E-state index is -3.45. The van der Waals surface area contributed by atoms with Gasteiger partial charge in [0.2, 0.25) is 0 Å². The molecule has 0 aromatic rings. The van der Waals surface area contributed by atoms with Gasteiger partial charge in [0.05, 0.1) is 6.67 Å². The van der Waals surface area contributed by atoms with Gasteiger partial charge >= 0.3 is 0 Å². The molecule has 0 rings (SSSR count). The van der Waals surface area contributed by atoms with Crippen LogP contribution >= 0.6 is 0 Å². The second kappa shape index (κ2) is 2.89. The van der Waals surface area contributed by atoms with Crippen molar-refractivity contribution in [3.05, 3.63) is 0 Å². The van der Waals surface area contributed by atoms with Crippen LogP contribution in [0.15, 0.2) is 0 Å². The first kappa shape index (κ1) is 7.72. The van der Waals surface area contributed by atoms with Crippen LogP contribution in [0.2, 0.25) is 0 Å². The van der Waals surface area contributed by atoms with Gasteiger partial charge in [-0.25, -0.2) is 13.2 Å². The van der Waals surface area contributed by atoms with Crippen molar-refractivity contribution in [2.24, 2.45) is 0 Å². The van der Waals surface area contributed by atoms with Crippen LogP contribution in [-0.2, 0) is 0 Å². The van der Waals surface area contributed by atoms with E-state index in [9.17, 15) is 17.6 Å². The average molecular weight is 130 g/mol. The Kier molecular flexibility index (Phi) is 2.79. The van der Waals surface area contributed by atoms with Gasteiger partial charge in [0, 0.05) is 6.42 Å². The molecule has 0 atom stereocenters. The average Bonchev–Trinajstić information content (AvgIpc) is 1.67. The van der Waals surface area contributed by atoms with E-state index >= 15 is 0 Å². The molecule has 4 heteroatoms. The smallest absolute Gasteiger partial charge is 0.251 e. The van der Waals surface area contributed by atoms with Crippen LogP contribution in [0.5, 0.6) is 0 Å². The molecule has 0 aromatic heterocycles. The Balaban J connectivity index is 3.37. The molecule has 0 radical (unpaired) electrons. The van der Waals surface area contributed by atoms with E-state index in [1.807, 2.05) is 0 Å². The zero-order chi connectivity index (χ0) is 6.62. The predicted octanol–water partition coefficient (Wildman–Crippen LogP) is 1.95. The highest BCUT2D eigenvalue weighted by Crippen LogP contribution is 2.17. The fourth-order valence-corrected chi connectivity index (χ4v) is 0.205. The molecule has 0 N–H and O–H groups in total. The zero-order valence-electron chi connectivity index (χ0n) is 4.13. The first-order chi connectivity index (χ1) is 3.62. The maximum Gasteiger partial charge on any atom is 0.278 e. The summed E-state index contributed by atoms with van der Waals surface area (Å²) in [7, 11) is 0. The Labute approximate surface area is 44.5 Å². The third kappa shape index (κ3) is 2.82. The van der Waals surface area contributed by atoms with Gasteiger partial charge in [-0.1, -0.05) is 0 Å². The molecule has 0 bridgehead atoms. The molecule has 0 aliphatic heterocycles. The standard InChI is InChI=1S/C4H6F4/c5-2-1-4(7,8)3-6/h1-3H2. The van der Waals surface area contributed by atoms with Crippen LogP contribution in [0.4, 0.5) is 17.6 Å². The lowest BCUT2D eigenvalue weighted by Gasteiger charge is -2.07. The van der Waals surface area contributed by atoms with Crippen molar-refractivity contribution in [2.75, 3.05) is 13.3 Å². The fraction of sp³-hybridized carbons (Fsp3) is 1.00. The van der Waals surface area contributed by atoms with E-state index in [1.54, 1.807) is 0 Å². The van der Waals surface area contributed by atoms with E-state index in [4.69, 9.17) is 0 Å². The Hall–Kier alpha value is -0.280. The molecule has 50 valence electrons. The van der Waals surface area contributed by atoms with Crippen molar-refractivity contribution in [1.29, 1.82) is 0 Å². The van der Waals surface area contributed by atoms with E-state index in [0.29, 0.717) is 0 Å². The normalized spacial score (nSPS) is 12.0. The SMILES string of the molecule is FCCC(F)(F)CF. The van der Waals surface area contributed by atoms with Crippen LogP contribution in [0.1, 0.15) is 6.42 Å². The van der Waals surface area contributed by atoms with Gasteiger partial charge in [-0.3, -0.25) is 4.39 Å². The topological polar surface area (TPSA) is 0 Å². The van der Waals surface area contributed by atoms with Crippen LogP contribution in [0.3, 0.4) is 0 Å². The van der Waals surface area contributed by atoms with Gasteiger partial charge in [-0.2, -0.15) is 0 Å². The zero-order valence-corrected chi connectivity index (χ0v) is 4.13. The maximum absolute atomic E-state index is 11.5. The van der Waals surface area contributed by atoms with Crippen molar-refractivity contribution in [1.82, 2.24) is 0 Å². The van der Waals surface area contributed by atoms with Gasteiger partial charge in [0.25, 0.3) is 5.92 Å². The summed E-state index contributed by atoms with van der Waals surface area (Å²) in [5, 5.41) is 0. The number of alkyl halides is 4. The summed E-state index contributed by atoms with van der Waals surface area (Å²) in [4.78, 5) is 0. The third-order valence-electron chi connectivity index (χ3n) is 0.656. The fourth-order valence-electron chi connectivity index (χ4n) is 0.205. The van der Waals surface area contributed by atoms with E-state index in [1.165, 1.54) is 0 Å². The van der Waals surface area contributed by atoms with Crippen LogP contribution in [0.25, 0.3) is 0 Å². The summed E-state index contributed by atoms with van der Waals surface area (Å²) in [6, 6.07) is 0. The summed E-state index contributed by atoms with van der Waals surface area (Å²) < 4.78 is 45.1. The van der Waals surface area contributed by atoms with Crippen molar-refractivity contribution in [2.45, 2.75) is 12.3 Å². The summed E-state index contributed by atoms with van der Waals surface area (Å²) in [6.07, 6.45) is -1.01. The number of halogens is 4. The van der Waals surface area contributed by atoms with Gasteiger partial charge in [-0.15, -0.1) is 0 Å². The number of hydrogen-bond donors (Lipinski definition) is 0. The van der Waals surface area contributed by atoms with Gasteiger partial charge in [-0.05, 0) is 0 Å². The Morgan fingerprint density at radius 2 is 1.62 bits per heavy atom. The van der Waals surface area contributed by atoms with Crippen molar-refractivity contribution >= 4 is 0 Å². The lowest BCUT2D eigenvalue weighted by Crippen LogP contribution is -2.18. The van der Waals surface area contributed by atoms with Crippen molar-refractivity contribution in [3.63, 3.8) is 0 Å². The lowest BCUT2D eigenvalue weighted by molar-refractivity contribution is -0.0344. The Morgan fingerprint density at radius 3 is 1.75 bits per heavy atom. The molecule has 0 aliphatic carbocycles. The van der Waals surface area contributed by atoms with Gasteiger partial charge in [0.1, 0.15) is 0 Å². The lowest BCUT2D eigenvalue weighted by atomic mass is 10.3. The highest BCUT2D eigenvalue weighted by Gasteiger charge is 2.27. The van der Waals surface area contributed by atoms with Gasteiger partial charge in [0.15, 0.2) is 6.67 Å². The molecule has 0 aromatic carbocycles. The molecule has 0 saturated carbocycles. The van der Waals surface area contributed by atoms with E-state index in [0.717, 1.165) is 0 Å². The minimum Gasteiger partial charge on any atom is -0.251 e. The first-order valence-electron chi connectivity index (χ1n) is 2.12. The Bertz CT molecular complexity index is 61.1. The van der Waals surface area contributed by atoms with E-state index in [2.05, 4.69) is 0 Å². The molecule has 0 amide bonds. The second-order valence-electron chi connectivity index (χ2n) is 1.43. The Morgan fingerprint density at radius 1 is 1.12 bits per heavy atom. The molecule has 0 saturated heterocycles. The van der Waals surface area contributed by atoms with Crippen LogP contribution < -0.4 is 0 Å². The molecule has 0 spiro atoms. The third-order valence-corrected chi connectivity index (χ3v) is 0.656. The quantitative estimate of drug-likeness (QED) is 0.512. The van der Waals surface area contributed by atoms with Crippen LogP contribution in [-0.4, -0.2) is 19.3 Å². The second-order valence-corrected chi connectivity index (χ2v) is 1.43. The van der Waals surface area contributed by atoms with E-state index < -0.39 is 25.7 Å². The van der Waals surface area contributed by atoms with Crippen LogP contribution in [0, 0.1) is 0 Å². The van der Waals surface area contributed by atoms with E-state index in [-0.39, 0.29) is 0 Å². The summed E-state index contributed by atoms with van der Waals surface area (Å²) in [5.41, 5.74) is 0. The molecule has 0 unspecified atom stereocenters. The monoisotopic (exact) mass is 130 g/mol. The van der Waals surface area contributed by atoms with Crippen molar-refractivity contribution in [3.8, 4) is 0 Å². The molecular formula is C4H6F4. The van der Waals surface area contributed by atoms with Gasteiger partial charge < -0.3 is 0 Å². The molecule has 8 heavy (non-hydrogen) atoms. The molecule has 0 nitrogen and oxygen atoms in total. The maximum atomic E-state index is 11.5. The largest absolute Gasteiger partial charge is 0.278 e.